The van der Waals surface area contributed by atoms with Gasteiger partial charge in [0.1, 0.15) is 12.6 Å². The van der Waals surface area contributed by atoms with E-state index in [1.807, 2.05) is 19.5 Å². The van der Waals surface area contributed by atoms with E-state index in [0.29, 0.717) is 5.56 Å². The molecule has 4 heteroatoms. The van der Waals surface area contributed by atoms with Crippen molar-refractivity contribution in [2.24, 2.45) is 7.05 Å². The summed E-state index contributed by atoms with van der Waals surface area (Å²) in [5.74, 6) is -0.879. The number of rotatable bonds is 2. The molecule has 1 heterocycles. The van der Waals surface area contributed by atoms with Crippen molar-refractivity contribution in [1.29, 1.82) is 0 Å². The van der Waals surface area contributed by atoms with E-state index in [-0.39, 0.29) is 0 Å². The van der Waals surface area contributed by atoms with Gasteiger partial charge in [-0.05, 0) is 12.3 Å². The van der Waals surface area contributed by atoms with Crippen LogP contribution in [0.5, 0.6) is 0 Å². The summed E-state index contributed by atoms with van der Waals surface area (Å²) in [4.78, 5) is 10.7. The van der Waals surface area contributed by atoms with E-state index in [9.17, 15) is 4.79 Å². The van der Waals surface area contributed by atoms with Crippen LogP contribution in [0.4, 0.5) is 0 Å². The molecule has 0 spiro atoms. The Labute approximate surface area is 75.0 Å². The molecule has 0 bridgehead atoms. The molecule has 0 aromatic carbocycles. The molecule has 1 rings (SSSR count). The first-order valence-electron chi connectivity index (χ1n) is 3.42. The van der Waals surface area contributed by atoms with Crippen LogP contribution in [-0.4, -0.2) is 17.3 Å². The summed E-state index contributed by atoms with van der Waals surface area (Å²) in [5.41, 5.74) is 0.354. The smallest absolute Gasteiger partial charge is 0.343 e. The molecule has 0 unspecified atom stereocenters. The van der Waals surface area contributed by atoms with E-state index >= 15 is 0 Å². The van der Waals surface area contributed by atoms with E-state index < -0.39 is 5.97 Å². The number of carboxylic acid groups (broad SMARTS) is 1. The summed E-state index contributed by atoms with van der Waals surface area (Å²) in [7, 11) is 1.83. The summed E-state index contributed by atoms with van der Waals surface area (Å²) >= 11 is 1.43. The fourth-order valence-electron chi connectivity index (χ4n) is 1.01. The number of nitrogens with zero attached hydrogens (tertiary/aromatic N) is 1. The molecule has 0 aliphatic rings. The number of thioether (sulfide) groups is 1. The van der Waals surface area contributed by atoms with Crippen LogP contribution in [0, 0.1) is 0 Å². The lowest BCUT2D eigenvalue weighted by atomic mass is 10.3. The normalized spacial score (nSPS) is 9.83. The average Bonchev–Trinajstić information content (AvgIpc) is 2.03. The predicted octanol–water partition coefficient (Wildman–Crippen LogP) is 0.931. The molecule has 3 nitrogen and oxygen atoms in total. The lowest BCUT2D eigenvalue weighted by Gasteiger charge is -1.98. The highest BCUT2D eigenvalue weighted by Crippen LogP contribution is 2.14. The number of carboxylic acids is 1. The van der Waals surface area contributed by atoms with Crippen molar-refractivity contribution in [1.82, 2.24) is 0 Å². The first kappa shape index (κ1) is 9.06. The van der Waals surface area contributed by atoms with Gasteiger partial charge in [-0.3, -0.25) is 0 Å². The number of aromatic carboxylic acids is 1. The molecule has 0 aliphatic heterocycles. The molecule has 0 radical (unpaired) electrons. The van der Waals surface area contributed by atoms with Gasteiger partial charge >= 0.3 is 5.97 Å². The van der Waals surface area contributed by atoms with Gasteiger partial charge in [-0.2, -0.15) is 4.57 Å². The maximum Gasteiger partial charge on any atom is 0.343 e. The Hall–Kier alpha value is -1.03. The first-order chi connectivity index (χ1) is 5.66. The van der Waals surface area contributed by atoms with Crippen molar-refractivity contribution >= 4 is 17.7 Å². The van der Waals surface area contributed by atoms with Crippen LogP contribution < -0.4 is 4.57 Å². The van der Waals surface area contributed by atoms with E-state index in [4.69, 9.17) is 5.11 Å². The van der Waals surface area contributed by atoms with Crippen LogP contribution in [0.2, 0.25) is 0 Å². The third-order valence-electron chi connectivity index (χ3n) is 1.55. The number of hydrogen-bond acceptors (Lipinski definition) is 2. The number of aryl methyl sites for hydroxylation is 1. The van der Waals surface area contributed by atoms with Gasteiger partial charge in [0.15, 0.2) is 6.20 Å². The largest absolute Gasteiger partial charge is 0.477 e. The van der Waals surface area contributed by atoms with Gasteiger partial charge in [-0.15, -0.1) is 0 Å². The third kappa shape index (κ3) is 1.58. The standard InChI is InChI=1S/C8H9NO2S/c1-9-5-3-4-6(8(10)11)7(9)12-2/h3-5H,1-2H3/p+1. The third-order valence-corrected chi connectivity index (χ3v) is 2.44. The Morgan fingerprint density at radius 2 is 2.33 bits per heavy atom. The fraction of sp³-hybridized carbons (Fsp3) is 0.250. The maximum absolute atomic E-state index is 10.7. The highest BCUT2D eigenvalue weighted by atomic mass is 32.2. The van der Waals surface area contributed by atoms with Gasteiger partial charge in [0.25, 0.3) is 5.03 Å². The number of carbonyl (C=O) groups is 1. The Morgan fingerprint density at radius 1 is 1.67 bits per heavy atom. The highest BCUT2D eigenvalue weighted by molar-refractivity contribution is 7.98. The average molecular weight is 184 g/mol. The van der Waals surface area contributed by atoms with E-state index in [0.717, 1.165) is 5.03 Å². The maximum atomic E-state index is 10.7. The Balaban J connectivity index is 3.27. The summed E-state index contributed by atoms with van der Waals surface area (Å²) in [5, 5.41) is 9.56. The van der Waals surface area contributed by atoms with Crippen LogP contribution in [0.25, 0.3) is 0 Å². The minimum Gasteiger partial charge on any atom is -0.477 e. The molecule has 0 fully saturated rings. The van der Waals surface area contributed by atoms with Crippen molar-refractivity contribution in [2.45, 2.75) is 5.03 Å². The summed E-state index contributed by atoms with van der Waals surface area (Å²) < 4.78 is 1.80. The van der Waals surface area contributed by atoms with Crippen LogP contribution >= 0.6 is 11.8 Å². The topological polar surface area (TPSA) is 41.2 Å². The molecule has 0 atom stereocenters. The van der Waals surface area contributed by atoms with Crippen LogP contribution in [0.3, 0.4) is 0 Å². The second kappa shape index (κ2) is 3.58. The molecule has 64 valence electrons. The van der Waals surface area contributed by atoms with Gasteiger partial charge in [-0.25, -0.2) is 4.79 Å². The second-order valence-electron chi connectivity index (χ2n) is 2.35. The lowest BCUT2D eigenvalue weighted by molar-refractivity contribution is -0.709. The quantitative estimate of drug-likeness (QED) is 0.549. The SMILES string of the molecule is CSc1c(C(=O)O)ccc[n+]1C. The fourth-order valence-corrected chi connectivity index (χ4v) is 1.74. The van der Waals surface area contributed by atoms with E-state index in [1.54, 1.807) is 16.7 Å². The molecule has 12 heavy (non-hydrogen) atoms. The van der Waals surface area contributed by atoms with Crippen LogP contribution in [0.15, 0.2) is 23.4 Å². The molecule has 1 aromatic rings. The van der Waals surface area contributed by atoms with Gasteiger partial charge in [0.2, 0.25) is 0 Å². The first-order valence-corrected chi connectivity index (χ1v) is 4.65. The van der Waals surface area contributed by atoms with Crippen molar-refractivity contribution < 1.29 is 14.5 Å². The van der Waals surface area contributed by atoms with E-state index in [1.165, 1.54) is 11.8 Å². The van der Waals surface area contributed by atoms with Gasteiger partial charge in [0, 0.05) is 6.07 Å². The van der Waals surface area contributed by atoms with Gasteiger partial charge in [0.05, 0.1) is 0 Å². The molecule has 1 aromatic heterocycles. The zero-order valence-electron chi connectivity index (χ0n) is 6.94. The molecule has 0 aliphatic carbocycles. The highest BCUT2D eigenvalue weighted by Gasteiger charge is 2.16. The van der Waals surface area contributed by atoms with Crippen LogP contribution in [0.1, 0.15) is 10.4 Å². The molecule has 0 saturated heterocycles. The monoisotopic (exact) mass is 184 g/mol. The minimum absolute atomic E-state index is 0.354. The predicted molar refractivity (Wildman–Crippen MR) is 46.4 cm³/mol. The van der Waals surface area contributed by atoms with Crippen molar-refractivity contribution in [3.63, 3.8) is 0 Å². The number of aromatic nitrogens is 1. The van der Waals surface area contributed by atoms with Crippen molar-refractivity contribution in [3.8, 4) is 0 Å². The zero-order valence-corrected chi connectivity index (χ0v) is 7.76. The summed E-state index contributed by atoms with van der Waals surface area (Å²) in [6.45, 7) is 0. The minimum atomic E-state index is -0.879. The molecule has 0 amide bonds. The van der Waals surface area contributed by atoms with Gasteiger partial charge < -0.3 is 5.11 Å². The Morgan fingerprint density at radius 3 is 2.75 bits per heavy atom. The second-order valence-corrected chi connectivity index (χ2v) is 3.14. The van der Waals surface area contributed by atoms with Crippen LogP contribution in [-0.2, 0) is 7.05 Å². The van der Waals surface area contributed by atoms with E-state index in [2.05, 4.69) is 0 Å². The summed E-state index contributed by atoms with van der Waals surface area (Å²) in [6, 6.07) is 3.33. The Kier molecular flexibility index (Phi) is 2.70. The molecule has 1 N–H and O–H groups in total. The van der Waals surface area contributed by atoms with Crippen molar-refractivity contribution in [3.05, 3.63) is 23.9 Å². The molecular weight excluding hydrogens is 174 g/mol. The Bertz CT molecular complexity index is 312. The van der Waals surface area contributed by atoms with Crippen molar-refractivity contribution in [2.75, 3.05) is 6.26 Å². The molecular formula is C8H10NO2S+. The number of hydrogen-bond donors (Lipinski definition) is 1. The number of pyridine rings is 1. The lowest BCUT2D eigenvalue weighted by Crippen LogP contribution is -2.32. The summed E-state index contributed by atoms with van der Waals surface area (Å²) in [6.07, 6.45) is 3.69. The van der Waals surface area contributed by atoms with Gasteiger partial charge in [-0.1, -0.05) is 11.8 Å². The zero-order chi connectivity index (χ0) is 9.14. The molecule has 0 saturated carbocycles.